The van der Waals surface area contributed by atoms with Gasteiger partial charge in [-0.25, -0.2) is 4.98 Å². The second-order valence-electron chi connectivity index (χ2n) is 3.47. The van der Waals surface area contributed by atoms with Gasteiger partial charge in [-0.15, -0.1) is 0 Å². The molecule has 5 heteroatoms. The van der Waals surface area contributed by atoms with Gasteiger partial charge < -0.3 is 9.47 Å². The first kappa shape index (κ1) is 10.4. The Labute approximate surface area is 93.4 Å². The number of rotatable bonds is 2. The predicted molar refractivity (Wildman–Crippen MR) is 60.2 cm³/mol. The summed E-state index contributed by atoms with van der Waals surface area (Å²) >= 11 is 0. The Balaban J connectivity index is 2.27. The summed E-state index contributed by atoms with van der Waals surface area (Å²) in [5.41, 5.74) is 1.31. The van der Waals surface area contributed by atoms with Gasteiger partial charge in [-0.2, -0.15) is 0 Å². The molecule has 0 saturated carbocycles. The molecule has 0 bridgehead atoms. The Morgan fingerprint density at radius 1 is 1.38 bits per heavy atom. The van der Waals surface area contributed by atoms with Gasteiger partial charge in [-0.05, 0) is 12.1 Å². The van der Waals surface area contributed by atoms with Gasteiger partial charge in [-0.1, -0.05) is 0 Å². The van der Waals surface area contributed by atoms with Gasteiger partial charge in [0.2, 0.25) is 0 Å². The molecule has 2 aromatic heterocycles. The highest BCUT2D eigenvalue weighted by molar-refractivity contribution is 6.04. The molecule has 2 heterocycles. The minimum Gasteiger partial charge on any atom is -0.330 e. The number of aromatic nitrogens is 3. The number of hydrogen-bond donors (Lipinski definition) is 0. The number of carbonyl (C=O) groups is 1. The summed E-state index contributed by atoms with van der Waals surface area (Å²) in [6, 6.07) is 3.63. The third-order valence-corrected chi connectivity index (χ3v) is 2.37. The van der Waals surface area contributed by atoms with Crippen molar-refractivity contribution >= 4 is 11.6 Å². The largest absolute Gasteiger partial charge is 0.330 e. The summed E-state index contributed by atoms with van der Waals surface area (Å²) in [6.45, 7) is 0. The van der Waals surface area contributed by atoms with Crippen LogP contribution in [0.15, 0.2) is 37.1 Å². The number of carbonyl (C=O) groups excluding carboxylic acids is 1. The molecule has 0 unspecified atom stereocenters. The van der Waals surface area contributed by atoms with Crippen LogP contribution in [0.1, 0.15) is 10.5 Å². The van der Waals surface area contributed by atoms with E-state index in [9.17, 15) is 4.79 Å². The average Bonchev–Trinajstić information content (AvgIpc) is 2.75. The quantitative estimate of drug-likeness (QED) is 0.755. The van der Waals surface area contributed by atoms with Crippen LogP contribution >= 0.6 is 0 Å². The highest BCUT2D eigenvalue weighted by atomic mass is 16.2. The Hall–Kier alpha value is -2.17. The van der Waals surface area contributed by atoms with Crippen LogP contribution in [0.25, 0.3) is 0 Å². The Morgan fingerprint density at radius 2 is 2.19 bits per heavy atom. The SMILES string of the molecule is CN(C(=O)c1cncn1C)c1cccnc1. The minimum atomic E-state index is -0.104. The minimum absolute atomic E-state index is 0.104. The fraction of sp³-hybridized carbons (Fsp3) is 0.182. The molecule has 0 saturated heterocycles. The van der Waals surface area contributed by atoms with Gasteiger partial charge in [0, 0.05) is 20.3 Å². The zero-order chi connectivity index (χ0) is 11.5. The summed E-state index contributed by atoms with van der Waals surface area (Å²) in [4.78, 5) is 21.5. The van der Waals surface area contributed by atoms with Gasteiger partial charge in [0.1, 0.15) is 5.69 Å². The van der Waals surface area contributed by atoms with E-state index in [4.69, 9.17) is 0 Å². The fourth-order valence-electron chi connectivity index (χ4n) is 1.40. The zero-order valence-corrected chi connectivity index (χ0v) is 9.16. The monoisotopic (exact) mass is 216 g/mol. The number of hydrogen-bond acceptors (Lipinski definition) is 3. The number of amides is 1. The van der Waals surface area contributed by atoms with Crippen LogP contribution in [0.2, 0.25) is 0 Å². The van der Waals surface area contributed by atoms with Gasteiger partial charge in [0.15, 0.2) is 0 Å². The highest BCUT2D eigenvalue weighted by Crippen LogP contribution is 2.12. The summed E-state index contributed by atoms with van der Waals surface area (Å²) in [5, 5.41) is 0. The molecular weight excluding hydrogens is 204 g/mol. The molecule has 0 aliphatic carbocycles. The lowest BCUT2D eigenvalue weighted by atomic mass is 10.3. The van der Waals surface area contributed by atoms with Crippen molar-refractivity contribution in [2.45, 2.75) is 0 Å². The standard InChI is InChI=1S/C11H12N4O/c1-14-8-13-7-10(14)11(16)15(2)9-4-3-5-12-6-9/h3-8H,1-2H3. The molecule has 1 amide bonds. The Bertz CT molecular complexity index is 492. The summed E-state index contributed by atoms with van der Waals surface area (Å²) in [5.74, 6) is -0.104. The van der Waals surface area contributed by atoms with Gasteiger partial charge in [-0.3, -0.25) is 9.78 Å². The van der Waals surface area contributed by atoms with E-state index in [1.807, 2.05) is 6.07 Å². The number of pyridine rings is 1. The van der Waals surface area contributed by atoms with Crippen LogP contribution in [0.5, 0.6) is 0 Å². The van der Waals surface area contributed by atoms with Crippen molar-refractivity contribution in [2.75, 3.05) is 11.9 Å². The molecule has 0 radical (unpaired) electrons. The van der Waals surface area contributed by atoms with Crippen LogP contribution in [-0.2, 0) is 7.05 Å². The van der Waals surface area contributed by atoms with E-state index in [2.05, 4.69) is 9.97 Å². The fourth-order valence-corrected chi connectivity index (χ4v) is 1.40. The molecule has 2 rings (SSSR count). The maximum absolute atomic E-state index is 12.1. The number of aryl methyl sites for hydroxylation is 1. The Morgan fingerprint density at radius 3 is 2.75 bits per heavy atom. The lowest BCUT2D eigenvalue weighted by molar-refractivity contribution is 0.0985. The number of imidazole rings is 1. The summed E-state index contributed by atoms with van der Waals surface area (Å²) < 4.78 is 1.69. The molecule has 0 N–H and O–H groups in total. The average molecular weight is 216 g/mol. The predicted octanol–water partition coefficient (Wildman–Crippen LogP) is 1.09. The zero-order valence-electron chi connectivity index (χ0n) is 9.16. The molecular formula is C11H12N4O. The summed E-state index contributed by atoms with van der Waals surface area (Å²) in [6.07, 6.45) is 6.47. The molecule has 0 atom stereocenters. The van der Waals surface area contributed by atoms with Crippen molar-refractivity contribution in [2.24, 2.45) is 7.05 Å². The van der Waals surface area contributed by atoms with E-state index in [0.717, 1.165) is 5.69 Å². The lowest BCUT2D eigenvalue weighted by Crippen LogP contribution is -2.27. The maximum atomic E-state index is 12.1. The van der Waals surface area contributed by atoms with Crippen molar-refractivity contribution in [3.63, 3.8) is 0 Å². The van der Waals surface area contributed by atoms with Crippen molar-refractivity contribution in [1.29, 1.82) is 0 Å². The van der Waals surface area contributed by atoms with Crippen molar-refractivity contribution < 1.29 is 4.79 Å². The topological polar surface area (TPSA) is 51.0 Å². The van der Waals surface area contributed by atoms with E-state index in [1.54, 1.807) is 54.5 Å². The molecule has 2 aromatic rings. The van der Waals surface area contributed by atoms with Gasteiger partial charge >= 0.3 is 0 Å². The van der Waals surface area contributed by atoms with E-state index >= 15 is 0 Å². The third-order valence-electron chi connectivity index (χ3n) is 2.37. The second kappa shape index (κ2) is 4.14. The number of nitrogens with zero attached hydrogens (tertiary/aromatic N) is 4. The molecule has 5 nitrogen and oxygen atoms in total. The third kappa shape index (κ3) is 1.79. The first-order valence-electron chi connectivity index (χ1n) is 4.84. The molecule has 0 fully saturated rings. The first-order chi connectivity index (χ1) is 7.70. The van der Waals surface area contributed by atoms with Crippen LogP contribution in [-0.4, -0.2) is 27.5 Å². The molecule has 0 aliphatic rings. The molecule has 0 aliphatic heterocycles. The highest BCUT2D eigenvalue weighted by Gasteiger charge is 2.16. The first-order valence-corrected chi connectivity index (χ1v) is 4.84. The van der Waals surface area contributed by atoms with Crippen LogP contribution in [0.4, 0.5) is 5.69 Å². The van der Waals surface area contributed by atoms with Crippen LogP contribution in [0, 0.1) is 0 Å². The smallest absolute Gasteiger partial charge is 0.276 e. The van der Waals surface area contributed by atoms with E-state index in [-0.39, 0.29) is 5.91 Å². The van der Waals surface area contributed by atoms with Crippen LogP contribution in [0.3, 0.4) is 0 Å². The summed E-state index contributed by atoms with van der Waals surface area (Å²) in [7, 11) is 3.50. The van der Waals surface area contributed by atoms with Crippen LogP contribution < -0.4 is 4.90 Å². The van der Waals surface area contributed by atoms with Crippen molar-refractivity contribution in [1.82, 2.24) is 14.5 Å². The van der Waals surface area contributed by atoms with Crippen molar-refractivity contribution in [3.8, 4) is 0 Å². The van der Waals surface area contributed by atoms with E-state index in [1.165, 1.54) is 0 Å². The Kier molecular flexibility index (Phi) is 2.68. The maximum Gasteiger partial charge on any atom is 0.276 e. The van der Waals surface area contributed by atoms with Gasteiger partial charge in [0.25, 0.3) is 5.91 Å². The second-order valence-corrected chi connectivity index (χ2v) is 3.47. The number of anilines is 1. The molecule has 16 heavy (non-hydrogen) atoms. The van der Waals surface area contributed by atoms with E-state index < -0.39 is 0 Å². The molecule has 82 valence electrons. The normalized spacial score (nSPS) is 10.1. The van der Waals surface area contributed by atoms with Gasteiger partial charge in [0.05, 0.1) is 24.4 Å². The molecule has 0 spiro atoms. The van der Waals surface area contributed by atoms with Crippen molar-refractivity contribution in [3.05, 3.63) is 42.7 Å². The molecule has 0 aromatic carbocycles. The lowest BCUT2D eigenvalue weighted by Gasteiger charge is -2.16. The van der Waals surface area contributed by atoms with E-state index in [0.29, 0.717) is 5.69 Å².